The number of rotatable bonds is 2. The lowest BCUT2D eigenvalue weighted by Gasteiger charge is -2.40. The number of allylic oxidation sites excluding steroid dienone is 2. The summed E-state index contributed by atoms with van der Waals surface area (Å²) in [5, 5.41) is 4.72. The van der Waals surface area contributed by atoms with Crippen LogP contribution in [-0.4, -0.2) is 17.9 Å². The number of aromatic nitrogens is 1. The molecule has 0 fully saturated rings. The number of Topliss-reactive ketones (excluding diaryl/α,β-unsaturated/α-hetero) is 1. The van der Waals surface area contributed by atoms with Gasteiger partial charge in [0.15, 0.2) is 5.78 Å². The Balaban J connectivity index is 1.82. The van der Waals surface area contributed by atoms with Gasteiger partial charge in [-0.1, -0.05) is 38.1 Å². The zero-order chi connectivity index (χ0) is 20.2. The van der Waals surface area contributed by atoms with Crippen LogP contribution in [0.3, 0.4) is 0 Å². The highest BCUT2D eigenvalue weighted by Gasteiger charge is 2.41. The van der Waals surface area contributed by atoms with Gasteiger partial charge in [-0.3, -0.25) is 9.78 Å². The Bertz CT molecular complexity index is 1180. The first-order valence-corrected chi connectivity index (χ1v) is 10.0. The molecule has 0 radical (unpaired) electrons. The molecule has 4 nitrogen and oxygen atoms in total. The van der Waals surface area contributed by atoms with E-state index in [0.29, 0.717) is 6.42 Å². The average molecular weight is 384 g/mol. The van der Waals surface area contributed by atoms with Gasteiger partial charge in [0.25, 0.3) is 0 Å². The molecule has 1 atom stereocenters. The van der Waals surface area contributed by atoms with Crippen LogP contribution in [0.25, 0.3) is 10.9 Å². The van der Waals surface area contributed by atoms with Gasteiger partial charge >= 0.3 is 0 Å². The van der Waals surface area contributed by atoms with Crippen molar-refractivity contribution in [2.45, 2.75) is 32.6 Å². The molecule has 29 heavy (non-hydrogen) atoms. The second kappa shape index (κ2) is 6.45. The Morgan fingerprint density at radius 3 is 2.69 bits per heavy atom. The maximum atomic E-state index is 13.3. The number of para-hydroxylation sites is 1. The predicted molar refractivity (Wildman–Crippen MR) is 115 cm³/mol. The van der Waals surface area contributed by atoms with Crippen LogP contribution in [0.5, 0.6) is 5.75 Å². The molecule has 2 heterocycles. The van der Waals surface area contributed by atoms with E-state index in [1.807, 2.05) is 36.5 Å². The van der Waals surface area contributed by atoms with E-state index < -0.39 is 0 Å². The maximum absolute atomic E-state index is 13.3. The molecule has 2 aromatic carbocycles. The molecule has 0 unspecified atom stereocenters. The largest absolute Gasteiger partial charge is 0.496 e. The first-order chi connectivity index (χ1) is 14.0. The minimum Gasteiger partial charge on any atom is -0.496 e. The Morgan fingerprint density at radius 1 is 1.03 bits per heavy atom. The zero-order valence-corrected chi connectivity index (χ0v) is 17.0. The summed E-state index contributed by atoms with van der Waals surface area (Å²) in [6.07, 6.45) is 3.21. The van der Waals surface area contributed by atoms with Crippen molar-refractivity contribution >= 4 is 22.4 Å². The number of carbonyl (C=O) groups excluding carboxylic acids is 1. The summed E-state index contributed by atoms with van der Waals surface area (Å²) in [5.41, 5.74) is 5.98. The van der Waals surface area contributed by atoms with E-state index in [1.165, 1.54) is 0 Å². The van der Waals surface area contributed by atoms with Gasteiger partial charge in [-0.15, -0.1) is 0 Å². The van der Waals surface area contributed by atoms with Crippen LogP contribution in [-0.2, 0) is 4.79 Å². The van der Waals surface area contributed by atoms with Crippen molar-refractivity contribution < 1.29 is 9.53 Å². The number of ketones is 1. The Morgan fingerprint density at radius 2 is 1.86 bits per heavy atom. The summed E-state index contributed by atoms with van der Waals surface area (Å²) in [7, 11) is 1.69. The molecule has 4 heteroatoms. The number of anilines is 1. The SMILES string of the molecule is COc1ccccc1[C@H]1C2=C(CC(C)(C)CC2=O)Nc2c1ccc1ncccc21. The number of hydrogen-bond acceptors (Lipinski definition) is 4. The predicted octanol–water partition coefficient (Wildman–Crippen LogP) is 5.44. The van der Waals surface area contributed by atoms with Crippen molar-refractivity contribution in [3.05, 3.63) is 77.1 Å². The number of hydrogen-bond donors (Lipinski definition) is 1. The number of benzene rings is 2. The summed E-state index contributed by atoms with van der Waals surface area (Å²) in [6, 6.07) is 16.2. The highest BCUT2D eigenvalue weighted by Crippen LogP contribution is 2.51. The van der Waals surface area contributed by atoms with Gasteiger partial charge in [0.2, 0.25) is 0 Å². The van der Waals surface area contributed by atoms with Crippen molar-refractivity contribution in [1.29, 1.82) is 0 Å². The Labute approximate surface area is 170 Å². The van der Waals surface area contributed by atoms with Crippen molar-refractivity contribution in [1.82, 2.24) is 4.98 Å². The van der Waals surface area contributed by atoms with Gasteiger partial charge in [0, 0.05) is 40.8 Å². The summed E-state index contributed by atoms with van der Waals surface area (Å²) in [5.74, 6) is 0.878. The highest BCUT2D eigenvalue weighted by molar-refractivity contribution is 6.04. The van der Waals surface area contributed by atoms with Crippen molar-refractivity contribution in [3.8, 4) is 5.75 Å². The normalized spacial score (nSPS) is 20.1. The quantitative estimate of drug-likeness (QED) is 0.639. The molecule has 1 N–H and O–H groups in total. The van der Waals surface area contributed by atoms with Crippen LogP contribution in [0, 0.1) is 5.41 Å². The number of pyridine rings is 1. The molecule has 1 aliphatic carbocycles. The van der Waals surface area contributed by atoms with Gasteiger partial charge in [-0.05, 0) is 41.7 Å². The number of methoxy groups -OCH3 is 1. The molecule has 1 aromatic heterocycles. The first kappa shape index (κ1) is 17.9. The molecular weight excluding hydrogens is 360 g/mol. The van der Waals surface area contributed by atoms with Crippen LogP contribution < -0.4 is 10.1 Å². The maximum Gasteiger partial charge on any atom is 0.162 e. The van der Waals surface area contributed by atoms with Crippen molar-refractivity contribution in [3.63, 3.8) is 0 Å². The van der Waals surface area contributed by atoms with Crippen LogP contribution >= 0.6 is 0 Å². The van der Waals surface area contributed by atoms with Gasteiger partial charge < -0.3 is 10.1 Å². The number of nitrogens with one attached hydrogen (secondary N) is 1. The first-order valence-electron chi connectivity index (χ1n) is 10.0. The fourth-order valence-electron chi connectivity index (χ4n) is 4.86. The van der Waals surface area contributed by atoms with Crippen molar-refractivity contribution in [2.24, 2.45) is 5.41 Å². The Hall–Kier alpha value is -3.14. The van der Waals surface area contributed by atoms with E-state index in [9.17, 15) is 4.79 Å². The fourth-order valence-corrected chi connectivity index (χ4v) is 4.86. The molecule has 5 rings (SSSR count). The number of fused-ring (bicyclic) bond motifs is 3. The van der Waals surface area contributed by atoms with E-state index in [4.69, 9.17) is 4.74 Å². The third kappa shape index (κ3) is 2.82. The lowest BCUT2D eigenvalue weighted by atomic mass is 9.68. The fraction of sp³-hybridized carbons (Fsp3) is 0.280. The second-order valence-electron chi connectivity index (χ2n) is 8.73. The molecule has 0 spiro atoms. The second-order valence-corrected chi connectivity index (χ2v) is 8.73. The van der Waals surface area contributed by atoms with Gasteiger partial charge in [-0.2, -0.15) is 0 Å². The van der Waals surface area contributed by atoms with Crippen LogP contribution in [0.4, 0.5) is 5.69 Å². The van der Waals surface area contributed by atoms with E-state index in [1.54, 1.807) is 7.11 Å². The summed E-state index contributed by atoms with van der Waals surface area (Å²) < 4.78 is 5.69. The van der Waals surface area contributed by atoms with Crippen LogP contribution in [0.1, 0.15) is 43.7 Å². The third-order valence-corrected chi connectivity index (χ3v) is 6.06. The standard InChI is InChI=1S/C25H24N2O2/c1-25(2)13-19-23(20(28)14-25)22(16-7-4-5-9-21(16)29-3)17-10-11-18-15(24(17)27-19)8-6-12-26-18/h4-12,22,27H,13-14H2,1-3H3/t22-/m1/s1. The van der Waals surface area contributed by atoms with Crippen LogP contribution in [0.2, 0.25) is 0 Å². The number of ether oxygens (including phenoxy) is 1. The topological polar surface area (TPSA) is 51.2 Å². The highest BCUT2D eigenvalue weighted by atomic mass is 16.5. The number of nitrogens with zero attached hydrogens (tertiary/aromatic N) is 1. The van der Waals surface area contributed by atoms with E-state index in [2.05, 4.69) is 42.3 Å². The molecule has 3 aromatic rings. The van der Waals surface area contributed by atoms with E-state index in [0.717, 1.165) is 51.2 Å². The van der Waals surface area contributed by atoms with E-state index >= 15 is 0 Å². The average Bonchev–Trinajstić information content (AvgIpc) is 2.71. The minimum atomic E-state index is -0.148. The van der Waals surface area contributed by atoms with Gasteiger partial charge in [0.1, 0.15) is 5.75 Å². The molecule has 2 aliphatic rings. The molecule has 1 aliphatic heterocycles. The lowest BCUT2D eigenvalue weighted by Crippen LogP contribution is -2.34. The molecular formula is C25H24N2O2. The lowest BCUT2D eigenvalue weighted by molar-refractivity contribution is -0.118. The monoisotopic (exact) mass is 384 g/mol. The zero-order valence-electron chi connectivity index (χ0n) is 17.0. The summed E-state index contributed by atoms with van der Waals surface area (Å²) in [4.78, 5) is 17.9. The molecule has 0 amide bonds. The van der Waals surface area contributed by atoms with E-state index in [-0.39, 0.29) is 17.1 Å². The smallest absolute Gasteiger partial charge is 0.162 e. The summed E-state index contributed by atoms with van der Waals surface area (Å²) >= 11 is 0. The molecule has 0 saturated heterocycles. The third-order valence-electron chi connectivity index (χ3n) is 6.06. The molecule has 0 bridgehead atoms. The summed E-state index contributed by atoms with van der Waals surface area (Å²) in [6.45, 7) is 4.32. The van der Waals surface area contributed by atoms with Crippen molar-refractivity contribution in [2.75, 3.05) is 12.4 Å². The van der Waals surface area contributed by atoms with Gasteiger partial charge in [-0.25, -0.2) is 0 Å². The molecule has 0 saturated carbocycles. The molecule has 146 valence electrons. The van der Waals surface area contributed by atoms with Gasteiger partial charge in [0.05, 0.1) is 18.3 Å². The Kier molecular flexibility index (Phi) is 3.98. The number of carbonyl (C=O) groups is 1. The minimum absolute atomic E-state index is 0.0609. The van der Waals surface area contributed by atoms with Crippen LogP contribution in [0.15, 0.2) is 66.0 Å².